The number of hydrogen-bond acceptors (Lipinski definition) is 4. The van der Waals surface area contributed by atoms with Crippen molar-refractivity contribution in [2.24, 2.45) is 0 Å². The Morgan fingerprint density at radius 1 is 1.12 bits per heavy atom. The predicted molar refractivity (Wildman–Crippen MR) is 99.7 cm³/mol. The first-order valence-corrected chi connectivity index (χ1v) is 9.54. The maximum Gasteiger partial charge on any atom is 0.245 e. The number of methoxy groups -OCH3 is 1. The topological polar surface area (TPSA) is 75.7 Å². The maximum atomic E-state index is 12.3. The third-order valence-electron chi connectivity index (χ3n) is 3.68. The Bertz CT molecular complexity index is 861. The van der Waals surface area contributed by atoms with Crippen molar-refractivity contribution >= 4 is 27.3 Å². The second kappa shape index (κ2) is 7.57. The first-order chi connectivity index (χ1) is 11.7. The molecular weight excluding hydrogens is 340 g/mol. The van der Waals surface area contributed by atoms with Crippen LogP contribution in [0.3, 0.4) is 0 Å². The van der Waals surface area contributed by atoms with Crippen molar-refractivity contribution in [2.45, 2.75) is 13.8 Å². The molecule has 0 saturated carbocycles. The molecule has 0 unspecified atom stereocenters. The van der Waals surface area contributed by atoms with Gasteiger partial charge in [0.25, 0.3) is 0 Å². The molecule has 134 valence electrons. The smallest absolute Gasteiger partial charge is 0.245 e. The molecule has 1 N–H and O–H groups in total. The normalized spacial score (nSPS) is 11.0. The quantitative estimate of drug-likeness (QED) is 0.857. The van der Waals surface area contributed by atoms with E-state index in [0.717, 1.165) is 21.7 Å². The van der Waals surface area contributed by atoms with Gasteiger partial charge in [0.15, 0.2) is 0 Å². The van der Waals surface area contributed by atoms with Crippen molar-refractivity contribution in [1.29, 1.82) is 0 Å². The van der Waals surface area contributed by atoms with E-state index in [1.54, 1.807) is 37.4 Å². The van der Waals surface area contributed by atoms with Crippen molar-refractivity contribution in [2.75, 3.05) is 29.5 Å². The first kappa shape index (κ1) is 18.8. The lowest BCUT2D eigenvalue weighted by molar-refractivity contribution is -0.114. The standard InChI is InChI=1S/C18H22N2O4S/c1-13-5-10-17(14(2)11-13)20(25(4,22)23)12-18(21)19-15-6-8-16(24-3)9-7-15/h5-11H,12H2,1-4H3,(H,19,21). The fourth-order valence-electron chi connectivity index (χ4n) is 2.47. The number of benzene rings is 2. The molecule has 0 aliphatic heterocycles. The van der Waals surface area contributed by atoms with Crippen molar-refractivity contribution in [3.63, 3.8) is 0 Å². The molecule has 0 fully saturated rings. The molecule has 2 aromatic carbocycles. The highest BCUT2D eigenvalue weighted by atomic mass is 32.2. The van der Waals surface area contributed by atoms with Crippen LogP contribution in [0, 0.1) is 13.8 Å². The fraction of sp³-hybridized carbons (Fsp3) is 0.278. The van der Waals surface area contributed by atoms with E-state index < -0.39 is 15.9 Å². The van der Waals surface area contributed by atoms with Crippen LogP contribution in [0.2, 0.25) is 0 Å². The summed E-state index contributed by atoms with van der Waals surface area (Å²) < 4.78 is 30.5. The third-order valence-corrected chi connectivity index (χ3v) is 4.81. The Labute approximate surface area is 148 Å². The number of carbonyl (C=O) groups is 1. The minimum absolute atomic E-state index is 0.297. The van der Waals surface area contributed by atoms with E-state index >= 15 is 0 Å². The third kappa shape index (κ3) is 4.96. The highest BCUT2D eigenvalue weighted by molar-refractivity contribution is 7.92. The van der Waals surface area contributed by atoms with Gasteiger partial charge in [-0.05, 0) is 49.7 Å². The molecule has 2 aromatic rings. The minimum Gasteiger partial charge on any atom is -0.497 e. The Balaban J connectivity index is 2.20. The number of nitrogens with one attached hydrogen (secondary N) is 1. The molecule has 0 atom stereocenters. The second-order valence-electron chi connectivity index (χ2n) is 5.84. The van der Waals surface area contributed by atoms with E-state index in [0.29, 0.717) is 17.1 Å². The van der Waals surface area contributed by atoms with Crippen molar-refractivity contribution in [3.8, 4) is 5.75 Å². The van der Waals surface area contributed by atoms with Gasteiger partial charge in [-0.25, -0.2) is 8.42 Å². The summed E-state index contributed by atoms with van der Waals surface area (Å²) in [7, 11) is -2.04. The van der Waals surface area contributed by atoms with Crippen LogP contribution >= 0.6 is 0 Å². The zero-order chi connectivity index (χ0) is 18.6. The number of aryl methyl sites for hydroxylation is 2. The van der Waals surface area contributed by atoms with Crippen molar-refractivity contribution in [3.05, 3.63) is 53.6 Å². The van der Waals surface area contributed by atoms with Crippen LogP contribution in [0.1, 0.15) is 11.1 Å². The van der Waals surface area contributed by atoms with Gasteiger partial charge in [0, 0.05) is 5.69 Å². The summed E-state index contributed by atoms with van der Waals surface area (Å²) in [6.07, 6.45) is 1.09. The van der Waals surface area contributed by atoms with E-state index in [1.807, 2.05) is 26.0 Å². The van der Waals surface area contributed by atoms with Crippen LogP contribution in [0.15, 0.2) is 42.5 Å². The van der Waals surface area contributed by atoms with Crippen LogP contribution in [0.5, 0.6) is 5.75 Å². The van der Waals surface area contributed by atoms with Gasteiger partial charge in [0.05, 0.1) is 19.1 Å². The van der Waals surface area contributed by atoms with Gasteiger partial charge in [-0.15, -0.1) is 0 Å². The minimum atomic E-state index is -3.60. The predicted octanol–water partition coefficient (Wildman–Crippen LogP) is 2.72. The van der Waals surface area contributed by atoms with Crippen LogP contribution in [0.25, 0.3) is 0 Å². The molecule has 7 heteroatoms. The van der Waals surface area contributed by atoms with Crippen molar-refractivity contribution in [1.82, 2.24) is 0 Å². The molecule has 0 aliphatic carbocycles. The Hall–Kier alpha value is -2.54. The molecule has 0 saturated heterocycles. The van der Waals surface area contributed by atoms with E-state index in [4.69, 9.17) is 4.74 Å². The highest BCUT2D eigenvalue weighted by Gasteiger charge is 2.22. The number of rotatable bonds is 6. The van der Waals surface area contributed by atoms with Gasteiger partial charge in [-0.2, -0.15) is 0 Å². The van der Waals surface area contributed by atoms with Crippen LogP contribution < -0.4 is 14.4 Å². The molecule has 0 spiro atoms. The van der Waals surface area contributed by atoms with Crippen LogP contribution in [-0.2, 0) is 14.8 Å². The monoisotopic (exact) mass is 362 g/mol. The summed E-state index contributed by atoms with van der Waals surface area (Å²) in [6.45, 7) is 3.45. The van der Waals surface area contributed by atoms with E-state index in [9.17, 15) is 13.2 Å². The molecule has 0 radical (unpaired) electrons. The average Bonchev–Trinajstić information content (AvgIpc) is 2.53. The van der Waals surface area contributed by atoms with Gasteiger partial charge in [-0.3, -0.25) is 9.10 Å². The van der Waals surface area contributed by atoms with E-state index in [2.05, 4.69) is 5.32 Å². The van der Waals surface area contributed by atoms with E-state index in [1.165, 1.54) is 0 Å². The number of anilines is 2. The number of amides is 1. The molecule has 25 heavy (non-hydrogen) atoms. The molecule has 0 aliphatic rings. The summed E-state index contributed by atoms with van der Waals surface area (Å²) in [6, 6.07) is 12.2. The summed E-state index contributed by atoms with van der Waals surface area (Å²) in [4.78, 5) is 12.3. The first-order valence-electron chi connectivity index (χ1n) is 7.69. The van der Waals surface area contributed by atoms with Gasteiger partial charge < -0.3 is 10.1 Å². The maximum absolute atomic E-state index is 12.3. The van der Waals surface area contributed by atoms with Gasteiger partial charge in [-0.1, -0.05) is 17.7 Å². The Morgan fingerprint density at radius 2 is 1.76 bits per heavy atom. The molecule has 0 heterocycles. The zero-order valence-electron chi connectivity index (χ0n) is 14.7. The lowest BCUT2D eigenvalue weighted by Gasteiger charge is -2.24. The van der Waals surface area contributed by atoms with Gasteiger partial charge in [0.2, 0.25) is 15.9 Å². The summed E-state index contributed by atoms with van der Waals surface area (Å²) >= 11 is 0. The summed E-state index contributed by atoms with van der Waals surface area (Å²) in [5, 5.41) is 2.70. The molecule has 2 rings (SSSR count). The zero-order valence-corrected chi connectivity index (χ0v) is 15.6. The molecule has 1 amide bonds. The number of sulfonamides is 1. The summed E-state index contributed by atoms with van der Waals surface area (Å²) in [5.74, 6) is 0.251. The van der Waals surface area contributed by atoms with Crippen LogP contribution in [0.4, 0.5) is 11.4 Å². The van der Waals surface area contributed by atoms with E-state index in [-0.39, 0.29) is 6.54 Å². The Kier molecular flexibility index (Phi) is 5.69. The van der Waals surface area contributed by atoms with Crippen molar-refractivity contribution < 1.29 is 17.9 Å². The average molecular weight is 362 g/mol. The number of ether oxygens (including phenoxy) is 1. The molecular formula is C18H22N2O4S. The van der Waals surface area contributed by atoms with Gasteiger partial charge in [0.1, 0.15) is 12.3 Å². The largest absolute Gasteiger partial charge is 0.497 e. The highest BCUT2D eigenvalue weighted by Crippen LogP contribution is 2.23. The number of hydrogen-bond donors (Lipinski definition) is 1. The SMILES string of the molecule is COc1ccc(NC(=O)CN(c2ccc(C)cc2C)S(C)(=O)=O)cc1. The Morgan fingerprint density at radius 3 is 2.28 bits per heavy atom. The lowest BCUT2D eigenvalue weighted by atomic mass is 10.1. The molecule has 0 aromatic heterocycles. The number of nitrogens with zero attached hydrogens (tertiary/aromatic N) is 1. The second-order valence-corrected chi connectivity index (χ2v) is 7.74. The molecule has 0 bridgehead atoms. The van der Waals surface area contributed by atoms with Gasteiger partial charge >= 0.3 is 0 Å². The molecule has 6 nitrogen and oxygen atoms in total. The van der Waals surface area contributed by atoms with Crippen LogP contribution in [-0.4, -0.2) is 34.2 Å². The summed E-state index contributed by atoms with van der Waals surface area (Å²) in [5.41, 5.74) is 2.89. The lowest BCUT2D eigenvalue weighted by Crippen LogP contribution is -2.37. The number of carbonyl (C=O) groups excluding carboxylic acids is 1. The fourth-order valence-corrected chi connectivity index (χ4v) is 3.39.